The molecule has 3 aliphatic heterocycles. The molecule has 0 aromatic heterocycles. The summed E-state index contributed by atoms with van der Waals surface area (Å²) in [5.41, 5.74) is -2.29. The van der Waals surface area contributed by atoms with Crippen molar-refractivity contribution in [2.75, 3.05) is 61.0 Å². The van der Waals surface area contributed by atoms with Crippen molar-refractivity contribution in [1.29, 1.82) is 0 Å². The Hall–Kier alpha value is -2.94. The van der Waals surface area contributed by atoms with Gasteiger partial charge in [0.2, 0.25) is 5.91 Å². The number of methoxy groups -OCH3 is 1. The van der Waals surface area contributed by atoms with Crippen LogP contribution in [0.3, 0.4) is 0 Å². The summed E-state index contributed by atoms with van der Waals surface area (Å²) in [6.45, 7) is 15.4. The number of likely N-dealkylation sites (N-methyl/N-ethyl adjacent to an activating group) is 2. The van der Waals surface area contributed by atoms with Gasteiger partial charge < -0.3 is 38.8 Å². The van der Waals surface area contributed by atoms with Gasteiger partial charge in [0.05, 0.1) is 29.4 Å². The summed E-state index contributed by atoms with van der Waals surface area (Å²) in [5.74, 6) is -2.72. The van der Waals surface area contributed by atoms with E-state index in [9.17, 15) is 19.2 Å². The van der Waals surface area contributed by atoms with E-state index in [4.69, 9.17) is 23.7 Å². The zero-order valence-electron chi connectivity index (χ0n) is 33.0. The number of nitrogens with one attached hydrogen (secondary N) is 1. The average molecular weight is 731 g/mol. The van der Waals surface area contributed by atoms with E-state index in [2.05, 4.69) is 12.2 Å². The molecule has 13 heteroatoms. The van der Waals surface area contributed by atoms with E-state index in [1.807, 2.05) is 50.9 Å². The molecule has 1 amide bonds. The molecule has 0 bridgehead atoms. The minimum atomic E-state index is -1.60. The molecule has 0 aliphatic carbocycles. The van der Waals surface area contributed by atoms with E-state index in [0.29, 0.717) is 51.1 Å². The molecule has 0 radical (unpaired) electrons. The second kappa shape index (κ2) is 17.5. The lowest BCUT2D eigenvalue weighted by atomic mass is 9.74. The summed E-state index contributed by atoms with van der Waals surface area (Å²) in [6.07, 6.45) is -2.94. The highest BCUT2D eigenvalue weighted by Crippen LogP contribution is 2.39. The summed E-state index contributed by atoms with van der Waals surface area (Å²) in [6, 6.07) is 7.73. The number of rotatable bonds is 7. The van der Waals surface area contributed by atoms with Crippen molar-refractivity contribution in [2.45, 2.75) is 110 Å². The topological polar surface area (TPSA) is 136 Å². The molecule has 10 atom stereocenters. The van der Waals surface area contributed by atoms with Crippen LogP contribution in [-0.2, 0) is 38.1 Å². The molecular weight excluding hydrogens is 668 g/mol. The van der Waals surface area contributed by atoms with Crippen molar-refractivity contribution in [2.24, 2.45) is 17.3 Å². The van der Waals surface area contributed by atoms with Gasteiger partial charge >= 0.3 is 11.9 Å². The summed E-state index contributed by atoms with van der Waals surface area (Å²) in [7, 11) is 7.29. The van der Waals surface area contributed by atoms with E-state index in [0.717, 1.165) is 0 Å². The van der Waals surface area contributed by atoms with E-state index < -0.39 is 65.3 Å². The number of Topliss-reactive ketones (excluding diaryl/α,β-unsaturated/α-hetero) is 1. The molecule has 0 spiro atoms. The van der Waals surface area contributed by atoms with Crippen LogP contribution in [0.4, 0.5) is 0 Å². The molecule has 3 fully saturated rings. The van der Waals surface area contributed by atoms with Gasteiger partial charge in [0.25, 0.3) is 0 Å². The zero-order valence-corrected chi connectivity index (χ0v) is 33.0. The van der Waals surface area contributed by atoms with Crippen molar-refractivity contribution < 1.29 is 42.9 Å². The van der Waals surface area contributed by atoms with Gasteiger partial charge in [-0.1, -0.05) is 32.0 Å². The Balaban J connectivity index is 1.74. The molecule has 292 valence electrons. The van der Waals surface area contributed by atoms with Crippen molar-refractivity contribution in [3.05, 3.63) is 35.9 Å². The first-order valence-corrected chi connectivity index (χ1v) is 18.6. The van der Waals surface area contributed by atoms with Crippen molar-refractivity contribution in [3.8, 4) is 0 Å². The van der Waals surface area contributed by atoms with Crippen LogP contribution < -0.4 is 5.32 Å². The molecule has 0 saturated carbocycles. The second-order valence-corrected chi connectivity index (χ2v) is 16.0. The van der Waals surface area contributed by atoms with Gasteiger partial charge in [-0.25, -0.2) is 4.79 Å². The van der Waals surface area contributed by atoms with Gasteiger partial charge in [0.1, 0.15) is 17.6 Å². The molecule has 3 saturated heterocycles. The lowest BCUT2D eigenvalue weighted by molar-refractivity contribution is -0.295. The number of ketones is 1. The molecule has 4 rings (SSSR count). The zero-order chi connectivity index (χ0) is 38.5. The summed E-state index contributed by atoms with van der Waals surface area (Å²) in [5, 5.41) is 3.28. The third kappa shape index (κ3) is 9.40. The second-order valence-electron chi connectivity index (χ2n) is 16.0. The number of nitrogens with zero attached hydrogens (tertiary/aromatic N) is 3. The Morgan fingerprint density at radius 2 is 1.63 bits per heavy atom. The first-order chi connectivity index (χ1) is 24.4. The van der Waals surface area contributed by atoms with Crippen LogP contribution in [0.2, 0.25) is 0 Å². The molecular formula is C39H62N4O9. The fourth-order valence-electron chi connectivity index (χ4n) is 8.15. The summed E-state index contributed by atoms with van der Waals surface area (Å²) >= 11 is 0. The van der Waals surface area contributed by atoms with Gasteiger partial charge in [-0.2, -0.15) is 0 Å². The molecule has 3 aliphatic rings. The number of carbonyl (C=O) groups is 4. The smallest absolute Gasteiger partial charge is 0.338 e. The maximum absolute atomic E-state index is 14.6. The SMILES string of the molecule is CO[C@]1(C)C[C@@H](C)CN(C)[C@@H](C(=O)N2CCNCC2)[C@H](C)OC(=O)C(C)(C)C(=O)[C@H](C)[C@H]1O[C@@H]1O[C@H](C)C[C@H](N(C)C)[C@H]1OC(=O)c1ccccc1. The number of hydrogen-bond donors (Lipinski definition) is 1. The minimum absolute atomic E-state index is 0.0641. The highest BCUT2D eigenvalue weighted by molar-refractivity contribution is 6.04. The van der Waals surface area contributed by atoms with Crippen LogP contribution in [-0.4, -0.2) is 148 Å². The summed E-state index contributed by atoms with van der Waals surface area (Å²) in [4.78, 5) is 61.7. The number of esters is 2. The third-order valence-electron chi connectivity index (χ3n) is 11.1. The van der Waals surface area contributed by atoms with Gasteiger partial charge in [-0.15, -0.1) is 0 Å². The molecule has 1 aromatic rings. The summed E-state index contributed by atoms with van der Waals surface area (Å²) < 4.78 is 31.8. The third-order valence-corrected chi connectivity index (χ3v) is 11.1. The highest BCUT2D eigenvalue weighted by atomic mass is 16.7. The maximum atomic E-state index is 14.6. The largest absolute Gasteiger partial charge is 0.460 e. The van der Waals surface area contributed by atoms with Crippen LogP contribution in [0.5, 0.6) is 0 Å². The lowest BCUT2D eigenvalue weighted by Crippen LogP contribution is -2.60. The Kier molecular flexibility index (Phi) is 14.0. The highest BCUT2D eigenvalue weighted by Gasteiger charge is 2.53. The normalized spacial score (nSPS) is 35.5. The van der Waals surface area contributed by atoms with E-state index in [-0.39, 0.29) is 24.0 Å². The number of cyclic esters (lactones) is 1. The number of ether oxygens (including phenoxy) is 5. The van der Waals surface area contributed by atoms with Crippen LogP contribution in [0.15, 0.2) is 30.3 Å². The van der Waals surface area contributed by atoms with Crippen molar-refractivity contribution in [1.82, 2.24) is 20.0 Å². The van der Waals surface area contributed by atoms with Crippen LogP contribution in [0.25, 0.3) is 0 Å². The Labute approximate surface area is 310 Å². The Morgan fingerprint density at radius 1 is 1.00 bits per heavy atom. The molecule has 52 heavy (non-hydrogen) atoms. The van der Waals surface area contributed by atoms with Crippen molar-refractivity contribution in [3.63, 3.8) is 0 Å². The molecule has 3 heterocycles. The van der Waals surface area contributed by atoms with Crippen molar-refractivity contribution >= 4 is 23.6 Å². The fourth-order valence-corrected chi connectivity index (χ4v) is 8.15. The molecule has 1 N–H and O–H groups in total. The number of carbonyl (C=O) groups excluding carboxylic acids is 4. The monoisotopic (exact) mass is 730 g/mol. The fraction of sp³-hybridized carbons (Fsp3) is 0.744. The van der Waals surface area contributed by atoms with E-state index in [1.165, 1.54) is 0 Å². The van der Waals surface area contributed by atoms with Crippen LogP contribution >= 0.6 is 0 Å². The first-order valence-electron chi connectivity index (χ1n) is 18.6. The predicted molar refractivity (Wildman–Crippen MR) is 196 cm³/mol. The Morgan fingerprint density at radius 3 is 2.23 bits per heavy atom. The first kappa shape index (κ1) is 41.8. The van der Waals surface area contributed by atoms with Gasteiger partial charge in [-0.05, 0) is 86.7 Å². The minimum Gasteiger partial charge on any atom is -0.460 e. The predicted octanol–water partition coefficient (Wildman–Crippen LogP) is 3.00. The van der Waals surface area contributed by atoms with Crippen LogP contribution in [0, 0.1) is 17.3 Å². The van der Waals surface area contributed by atoms with E-state index in [1.54, 1.807) is 64.0 Å². The standard InChI is InChI=1S/C39H62N4O9/c1-24-22-39(7,48-11)33(52-36-31(29(41(8)9)21-25(2)49-36)51-35(46)28-15-13-12-14-16-28)26(3)32(44)38(5,6)37(47)50-27(4)30(42(10)23-24)34(45)43-19-17-40-18-20-43/h12-16,24-27,29-31,33,36,40H,17-23H2,1-11H3/t24-,25-,26+,27+,29+,30-,31-,33-,36+,39-/m1/s1. The van der Waals surface area contributed by atoms with Gasteiger partial charge in [0.15, 0.2) is 18.2 Å². The number of hydrogen-bond acceptors (Lipinski definition) is 12. The van der Waals surface area contributed by atoms with Gasteiger partial charge in [0, 0.05) is 45.8 Å². The van der Waals surface area contributed by atoms with Crippen LogP contribution in [0.1, 0.15) is 71.7 Å². The number of piperazine rings is 1. The molecule has 0 unspecified atom stereocenters. The lowest BCUT2D eigenvalue weighted by Gasteiger charge is -2.47. The van der Waals surface area contributed by atoms with E-state index >= 15 is 0 Å². The average Bonchev–Trinajstić information content (AvgIpc) is 3.10. The Bertz CT molecular complexity index is 1390. The quantitative estimate of drug-likeness (QED) is 0.327. The molecule has 1 aromatic carbocycles. The maximum Gasteiger partial charge on any atom is 0.338 e. The van der Waals surface area contributed by atoms with Gasteiger partial charge in [-0.3, -0.25) is 19.3 Å². The number of amides is 1. The number of benzene rings is 1. The molecule has 13 nitrogen and oxygen atoms in total.